The zero-order chi connectivity index (χ0) is 21.3. The van der Waals surface area contributed by atoms with Gasteiger partial charge in [0, 0.05) is 15.5 Å². The SMILES string of the molecule is Cc1c(NC(=O)[C@@](C)(O)C(F)(F)F)ccc(Sc2ccc(C(=O)O)cc2)c1Cl. The van der Waals surface area contributed by atoms with E-state index in [4.69, 9.17) is 16.7 Å². The summed E-state index contributed by atoms with van der Waals surface area (Å²) in [6, 6.07) is 8.92. The van der Waals surface area contributed by atoms with E-state index in [9.17, 15) is 27.9 Å². The first kappa shape index (κ1) is 22.1. The summed E-state index contributed by atoms with van der Waals surface area (Å²) >= 11 is 7.49. The van der Waals surface area contributed by atoms with Crippen molar-refractivity contribution in [3.8, 4) is 0 Å². The quantitative estimate of drug-likeness (QED) is 0.633. The number of halogens is 4. The van der Waals surface area contributed by atoms with E-state index in [0.29, 0.717) is 22.3 Å². The molecule has 0 heterocycles. The fraction of sp³-hybridized carbons (Fsp3) is 0.222. The molecule has 0 bridgehead atoms. The molecule has 0 fully saturated rings. The number of carbonyl (C=O) groups is 2. The van der Waals surface area contributed by atoms with E-state index in [1.807, 2.05) is 5.32 Å². The molecule has 0 aliphatic carbocycles. The standard InChI is InChI=1S/C18H15ClF3NO4S/c1-9-12(23-16(26)17(2,27)18(20,21)22)7-8-13(14(9)19)28-11-5-3-10(4-6-11)15(24)25/h3-8,27H,1-2H3,(H,23,26)(H,24,25)/t17-/m1/s1. The molecule has 1 amide bonds. The second-order valence-electron chi connectivity index (χ2n) is 6.01. The van der Waals surface area contributed by atoms with E-state index in [0.717, 1.165) is 0 Å². The van der Waals surface area contributed by atoms with Crippen molar-refractivity contribution in [1.29, 1.82) is 0 Å². The van der Waals surface area contributed by atoms with Crippen LogP contribution in [0.5, 0.6) is 0 Å². The zero-order valence-electron chi connectivity index (χ0n) is 14.6. The third-order valence-electron chi connectivity index (χ3n) is 3.92. The van der Waals surface area contributed by atoms with Crippen molar-refractivity contribution in [2.45, 2.75) is 35.4 Å². The van der Waals surface area contributed by atoms with Gasteiger partial charge in [0.1, 0.15) is 0 Å². The summed E-state index contributed by atoms with van der Waals surface area (Å²) in [6.45, 7) is 1.88. The number of benzene rings is 2. The number of carboxylic acids is 1. The summed E-state index contributed by atoms with van der Waals surface area (Å²) in [4.78, 5) is 24.0. The topological polar surface area (TPSA) is 86.6 Å². The predicted molar refractivity (Wildman–Crippen MR) is 99.0 cm³/mol. The fourth-order valence-electron chi connectivity index (χ4n) is 2.04. The van der Waals surface area contributed by atoms with Gasteiger partial charge in [-0.2, -0.15) is 13.2 Å². The van der Waals surface area contributed by atoms with Gasteiger partial charge >= 0.3 is 12.1 Å². The molecule has 0 aromatic heterocycles. The molecule has 2 aromatic rings. The van der Waals surface area contributed by atoms with Gasteiger partial charge in [-0.05, 0) is 55.8 Å². The molecule has 1 atom stereocenters. The Balaban J connectivity index is 2.23. The molecule has 0 aliphatic rings. The summed E-state index contributed by atoms with van der Waals surface area (Å²) < 4.78 is 38.3. The predicted octanol–water partition coefficient (Wildman–Crippen LogP) is 4.75. The lowest BCUT2D eigenvalue weighted by molar-refractivity contribution is -0.242. The van der Waals surface area contributed by atoms with Crippen molar-refractivity contribution < 1.29 is 33.0 Å². The van der Waals surface area contributed by atoms with E-state index in [2.05, 4.69) is 0 Å². The van der Waals surface area contributed by atoms with Crippen LogP contribution in [0.3, 0.4) is 0 Å². The van der Waals surface area contributed by atoms with Crippen molar-refractivity contribution in [3.05, 3.63) is 52.5 Å². The van der Waals surface area contributed by atoms with E-state index >= 15 is 0 Å². The van der Waals surface area contributed by atoms with Crippen molar-refractivity contribution in [1.82, 2.24) is 0 Å². The molecule has 0 unspecified atom stereocenters. The Bertz CT molecular complexity index is 914. The second kappa shape index (κ2) is 8.02. The lowest BCUT2D eigenvalue weighted by atomic mass is 10.1. The van der Waals surface area contributed by atoms with Gasteiger partial charge in [-0.15, -0.1) is 0 Å². The molecule has 0 aliphatic heterocycles. The third-order valence-corrected chi connectivity index (χ3v) is 5.59. The Hall–Kier alpha value is -2.23. The highest BCUT2D eigenvalue weighted by Gasteiger charge is 2.55. The zero-order valence-corrected chi connectivity index (χ0v) is 16.2. The van der Waals surface area contributed by atoms with Gasteiger partial charge in [0.25, 0.3) is 5.91 Å². The summed E-state index contributed by atoms with van der Waals surface area (Å²) in [6.07, 6.45) is -5.13. The number of aromatic carboxylic acids is 1. The molecule has 10 heteroatoms. The van der Waals surface area contributed by atoms with Gasteiger partial charge in [-0.25, -0.2) is 4.79 Å². The maximum atomic E-state index is 12.8. The molecular formula is C18H15ClF3NO4S. The first-order valence-corrected chi connectivity index (χ1v) is 8.95. The van der Waals surface area contributed by atoms with E-state index in [1.54, 1.807) is 12.1 Å². The number of anilines is 1. The number of aliphatic hydroxyl groups is 1. The van der Waals surface area contributed by atoms with Crippen LogP contribution in [0.2, 0.25) is 5.02 Å². The summed E-state index contributed by atoms with van der Waals surface area (Å²) in [7, 11) is 0. The monoisotopic (exact) mass is 433 g/mol. The molecule has 0 saturated heterocycles. The highest BCUT2D eigenvalue weighted by atomic mass is 35.5. The van der Waals surface area contributed by atoms with Crippen molar-refractivity contribution in [3.63, 3.8) is 0 Å². The van der Waals surface area contributed by atoms with Crippen LogP contribution in [-0.4, -0.2) is 33.9 Å². The Kier molecular flexibility index (Phi) is 6.32. The third kappa shape index (κ3) is 4.60. The minimum atomic E-state index is -5.13. The van der Waals surface area contributed by atoms with Crippen LogP contribution in [0.1, 0.15) is 22.8 Å². The maximum Gasteiger partial charge on any atom is 0.426 e. The largest absolute Gasteiger partial charge is 0.478 e. The molecule has 0 spiro atoms. The number of carbonyl (C=O) groups excluding carboxylic acids is 1. The average molecular weight is 434 g/mol. The van der Waals surface area contributed by atoms with E-state index in [-0.39, 0.29) is 16.3 Å². The first-order chi connectivity index (χ1) is 12.8. The smallest absolute Gasteiger partial charge is 0.426 e. The van der Waals surface area contributed by atoms with Crippen LogP contribution >= 0.6 is 23.4 Å². The molecule has 2 aromatic carbocycles. The fourth-order valence-corrected chi connectivity index (χ4v) is 3.23. The normalized spacial score (nSPS) is 13.7. The molecule has 150 valence electrons. The number of alkyl halides is 3. The minimum absolute atomic E-state index is 0.0325. The van der Waals surface area contributed by atoms with Crippen LogP contribution < -0.4 is 5.32 Å². The molecule has 0 saturated carbocycles. The van der Waals surface area contributed by atoms with Gasteiger partial charge in [0.2, 0.25) is 5.60 Å². The molecule has 28 heavy (non-hydrogen) atoms. The van der Waals surface area contributed by atoms with Crippen LogP contribution in [-0.2, 0) is 4.79 Å². The van der Waals surface area contributed by atoms with Crippen molar-refractivity contribution in [2.24, 2.45) is 0 Å². The van der Waals surface area contributed by atoms with Gasteiger partial charge in [0.15, 0.2) is 0 Å². The molecule has 0 radical (unpaired) electrons. The molecule has 2 rings (SSSR count). The van der Waals surface area contributed by atoms with Crippen LogP contribution in [0, 0.1) is 6.92 Å². The highest BCUT2D eigenvalue weighted by Crippen LogP contribution is 2.38. The van der Waals surface area contributed by atoms with Crippen molar-refractivity contribution in [2.75, 3.05) is 5.32 Å². The van der Waals surface area contributed by atoms with Crippen LogP contribution in [0.25, 0.3) is 0 Å². The summed E-state index contributed by atoms with van der Waals surface area (Å²) in [5, 5.41) is 20.6. The van der Waals surface area contributed by atoms with Gasteiger partial charge in [-0.1, -0.05) is 23.4 Å². The lowest BCUT2D eigenvalue weighted by Crippen LogP contribution is -2.52. The Morgan fingerprint density at radius 3 is 2.18 bits per heavy atom. The minimum Gasteiger partial charge on any atom is -0.478 e. The Labute approximate surface area is 167 Å². The lowest BCUT2D eigenvalue weighted by Gasteiger charge is -2.25. The summed E-state index contributed by atoms with van der Waals surface area (Å²) in [5.74, 6) is -2.68. The van der Waals surface area contributed by atoms with Crippen LogP contribution in [0.15, 0.2) is 46.2 Å². The van der Waals surface area contributed by atoms with Crippen LogP contribution in [0.4, 0.5) is 18.9 Å². The highest BCUT2D eigenvalue weighted by molar-refractivity contribution is 7.99. The molecule has 3 N–H and O–H groups in total. The average Bonchev–Trinajstić information content (AvgIpc) is 2.60. The van der Waals surface area contributed by atoms with Crippen molar-refractivity contribution >= 4 is 40.9 Å². The number of carboxylic acid groups (broad SMARTS) is 1. The number of hydrogen-bond acceptors (Lipinski definition) is 4. The van der Waals surface area contributed by atoms with E-state index < -0.39 is 23.7 Å². The number of nitrogens with one attached hydrogen (secondary N) is 1. The molecule has 5 nitrogen and oxygen atoms in total. The maximum absolute atomic E-state index is 12.8. The number of hydrogen-bond donors (Lipinski definition) is 3. The Morgan fingerprint density at radius 2 is 1.68 bits per heavy atom. The van der Waals surface area contributed by atoms with Gasteiger partial charge < -0.3 is 15.5 Å². The first-order valence-electron chi connectivity index (χ1n) is 7.75. The number of amides is 1. The summed E-state index contributed by atoms with van der Waals surface area (Å²) in [5.41, 5.74) is -3.07. The number of rotatable bonds is 5. The molecular weight excluding hydrogens is 419 g/mol. The van der Waals surface area contributed by atoms with E-state index in [1.165, 1.54) is 43.0 Å². The van der Waals surface area contributed by atoms with Gasteiger partial charge in [0.05, 0.1) is 10.6 Å². The van der Waals surface area contributed by atoms with Gasteiger partial charge in [-0.3, -0.25) is 4.79 Å². The Morgan fingerprint density at radius 1 is 1.11 bits per heavy atom. The second-order valence-corrected chi connectivity index (χ2v) is 7.50.